The quantitative estimate of drug-likeness (QED) is 0.121. The Labute approximate surface area is 535 Å². The van der Waals surface area contributed by atoms with E-state index in [-0.39, 0.29) is 0 Å². The van der Waals surface area contributed by atoms with Gasteiger partial charge >= 0.3 is 0 Å². The van der Waals surface area contributed by atoms with Gasteiger partial charge in [-0.1, -0.05) is 224 Å². The van der Waals surface area contributed by atoms with Gasteiger partial charge in [0.05, 0.1) is 45.6 Å². The summed E-state index contributed by atoms with van der Waals surface area (Å²) in [5.41, 5.74) is 27.0. The van der Waals surface area contributed by atoms with Crippen LogP contribution >= 0.6 is 0 Å². The number of aryl methyl sites for hydroxylation is 4. The summed E-state index contributed by atoms with van der Waals surface area (Å²) in [4.78, 5) is 20.7. The molecule has 13 aromatic carbocycles. The van der Waals surface area contributed by atoms with Crippen LogP contribution in [0.4, 0.5) is 5.69 Å². The normalized spacial score (nSPS) is 11.5. The summed E-state index contributed by atoms with van der Waals surface area (Å²) in [5.74, 6) is 1.62. The van der Waals surface area contributed by atoms with Gasteiger partial charge in [-0.15, -0.1) is 0 Å². The first-order valence-corrected chi connectivity index (χ1v) is 31.3. The van der Waals surface area contributed by atoms with Gasteiger partial charge in [-0.2, -0.15) is 0 Å². The van der Waals surface area contributed by atoms with Gasteiger partial charge in [0.2, 0.25) is 0 Å². The summed E-state index contributed by atoms with van der Waals surface area (Å²) in [6.07, 6.45) is 0. The van der Waals surface area contributed by atoms with E-state index in [4.69, 9.17) is 21.5 Å². The lowest BCUT2D eigenvalue weighted by Crippen LogP contribution is -2.06. The Morgan fingerprint density at radius 3 is 1.01 bits per heavy atom. The number of rotatable bonds is 11. The molecule has 0 saturated carbocycles. The van der Waals surface area contributed by atoms with Crippen molar-refractivity contribution >= 4 is 49.3 Å². The molecule has 434 valence electrons. The first-order chi connectivity index (χ1) is 45.2. The van der Waals surface area contributed by atoms with Gasteiger partial charge < -0.3 is 9.13 Å². The number of para-hydroxylation sites is 1. The molecule has 0 aliphatic rings. The van der Waals surface area contributed by atoms with E-state index in [1.807, 2.05) is 54.6 Å². The fourth-order valence-electron chi connectivity index (χ4n) is 13.9. The van der Waals surface area contributed by atoms with E-state index >= 15 is 0 Å². The van der Waals surface area contributed by atoms with Crippen molar-refractivity contribution in [3.05, 3.63) is 325 Å². The molecule has 0 fully saturated rings. The van der Waals surface area contributed by atoms with Crippen LogP contribution in [0.15, 0.2) is 291 Å². The molecule has 6 heteroatoms. The second-order valence-corrected chi connectivity index (χ2v) is 24.0. The summed E-state index contributed by atoms with van der Waals surface area (Å²) in [6.45, 7) is 17.2. The molecular weight excluding hydrogens is 1120 g/mol. The van der Waals surface area contributed by atoms with Gasteiger partial charge in [-0.05, 0) is 178 Å². The third-order valence-electron chi connectivity index (χ3n) is 18.4. The van der Waals surface area contributed by atoms with Crippen LogP contribution in [0, 0.1) is 34.3 Å². The monoisotopic (exact) mass is 1180 g/mol. The maximum Gasteiger partial charge on any atom is 0.194 e. The van der Waals surface area contributed by atoms with Crippen molar-refractivity contribution in [2.45, 2.75) is 27.7 Å². The van der Waals surface area contributed by atoms with Crippen LogP contribution in [0.25, 0.3) is 161 Å². The third kappa shape index (κ3) is 9.54. The topological polar surface area (TPSA) is 52.9 Å². The molecule has 0 radical (unpaired) electrons. The smallest absolute Gasteiger partial charge is 0.194 e. The Kier molecular flexibility index (Phi) is 13.7. The SMILES string of the molecule is [C-]#[N+]c1ccccc1-c1ccc(-n2c3ccc(-c4ccccc4C)cc3c3cc(-c4ccccc4C)ccc32)c(-c2cccc(-n3c4ccc(-c5ccccc5C)cc4c4cc(-c5ccccc5C)ccc43)c2-c2nc(-c3ccccc3)nc(-c3ccccc3)n2)c1. The van der Waals surface area contributed by atoms with Gasteiger partial charge in [-0.3, -0.25) is 0 Å². The third-order valence-corrected chi connectivity index (χ3v) is 18.4. The van der Waals surface area contributed by atoms with Gasteiger partial charge in [0.25, 0.3) is 0 Å². The summed E-state index contributed by atoms with van der Waals surface area (Å²) >= 11 is 0. The van der Waals surface area contributed by atoms with E-state index in [2.05, 4.69) is 278 Å². The molecule has 0 saturated heterocycles. The van der Waals surface area contributed by atoms with E-state index in [0.717, 1.165) is 116 Å². The van der Waals surface area contributed by atoms with Crippen LogP contribution in [0.1, 0.15) is 22.3 Å². The molecule has 0 amide bonds. The number of nitrogens with zero attached hydrogens (tertiary/aromatic N) is 6. The number of hydrogen-bond acceptors (Lipinski definition) is 3. The maximum atomic E-state index is 8.48. The summed E-state index contributed by atoms with van der Waals surface area (Å²) < 4.78 is 4.88. The number of aromatic nitrogens is 5. The highest BCUT2D eigenvalue weighted by molar-refractivity contribution is 6.14. The molecule has 16 rings (SSSR count). The molecule has 0 spiro atoms. The molecule has 3 aromatic heterocycles. The van der Waals surface area contributed by atoms with Crippen molar-refractivity contribution in [3.8, 4) is 112 Å². The van der Waals surface area contributed by atoms with Crippen LogP contribution in [0.3, 0.4) is 0 Å². The van der Waals surface area contributed by atoms with E-state index in [9.17, 15) is 0 Å². The average molecular weight is 1180 g/mol. The van der Waals surface area contributed by atoms with Crippen molar-refractivity contribution < 1.29 is 0 Å². The van der Waals surface area contributed by atoms with Gasteiger partial charge in [0.1, 0.15) is 0 Å². The molecule has 0 N–H and O–H groups in total. The zero-order valence-corrected chi connectivity index (χ0v) is 51.4. The maximum absolute atomic E-state index is 8.48. The second kappa shape index (κ2) is 22.8. The molecule has 6 nitrogen and oxygen atoms in total. The standard InChI is InChI=1S/C86H60N6/c1-54-23-12-16-31-65(54)60-39-44-78-72(49-60)73-50-61(66-32-17-13-24-55(66)2)40-45-79(73)91(78)77-48-43-64(69-35-20-21-37-76(69)87-5)53-71(77)70-36-22-38-82(83(70)86-89-84(58-27-8-6-9-28-58)88-85(90-86)59-29-10-7-11-30-59)92-80-46-41-62(67-33-18-14-25-56(67)3)51-74(80)75-52-63(42-47-81(75)92)68-34-19-15-26-57(68)4/h6-53H,1-4H3. The van der Waals surface area contributed by atoms with Crippen LogP contribution in [-0.4, -0.2) is 24.1 Å². The van der Waals surface area contributed by atoms with Crippen molar-refractivity contribution in [3.63, 3.8) is 0 Å². The predicted octanol–water partition coefficient (Wildman–Crippen LogP) is 22.9. The van der Waals surface area contributed by atoms with Gasteiger partial charge in [0.15, 0.2) is 23.2 Å². The lowest BCUT2D eigenvalue weighted by atomic mass is 9.92. The van der Waals surface area contributed by atoms with Crippen LogP contribution in [0.5, 0.6) is 0 Å². The Morgan fingerprint density at radius 2 is 0.598 bits per heavy atom. The Morgan fingerprint density at radius 1 is 0.261 bits per heavy atom. The lowest BCUT2D eigenvalue weighted by Gasteiger charge is -2.22. The number of fused-ring (bicyclic) bond motifs is 6. The molecule has 0 atom stereocenters. The second-order valence-electron chi connectivity index (χ2n) is 24.0. The minimum absolute atomic E-state index is 0.511. The highest BCUT2D eigenvalue weighted by Crippen LogP contribution is 2.48. The Bertz CT molecular complexity index is 5380. The molecular formula is C86H60N6. The van der Waals surface area contributed by atoms with E-state index in [1.54, 1.807) is 0 Å². The van der Waals surface area contributed by atoms with Crippen LogP contribution < -0.4 is 0 Å². The van der Waals surface area contributed by atoms with Crippen LogP contribution in [-0.2, 0) is 0 Å². The Hall–Kier alpha value is -12.0. The fourth-order valence-corrected chi connectivity index (χ4v) is 13.9. The molecule has 0 aliphatic carbocycles. The molecule has 0 aliphatic heterocycles. The molecule has 0 bridgehead atoms. The Balaban J connectivity index is 1.05. The molecule has 92 heavy (non-hydrogen) atoms. The molecule has 3 heterocycles. The van der Waals surface area contributed by atoms with Gasteiger partial charge in [-0.25, -0.2) is 19.8 Å². The molecule has 16 aromatic rings. The largest absolute Gasteiger partial charge is 0.309 e. The van der Waals surface area contributed by atoms with Crippen molar-refractivity contribution in [2.24, 2.45) is 0 Å². The van der Waals surface area contributed by atoms with E-state index in [1.165, 1.54) is 44.5 Å². The van der Waals surface area contributed by atoms with Gasteiger partial charge in [0, 0.05) is 38.2 Å². The van der Waals surface area contributed by atoms with Crippen molar-refractivity contribution in [1.29, 1.82) is 0 Å². The first-order valence-electron chi connectivity index (χ1n) is 31.3. The molecule has 0 unspecified atom stereocenters. The highest BCUT2D eigenvalue weighted by atomic mass is 15.1. The zero-order chi connectivity index (χ0) is 62.0. The average Bonchev–Trinajstić information content (AvgIpc) is 1.26. The first kappa shape index (κ1) is 55.3. The minimum atomic E-state index is 0.511. The summed E-state index contributed by atoms with van der Waals surface area (Å²) in [6, 6.07) is 104. The highest BCUT2D eigenvalue weighted by Gasteiger charge is 2.27. The summed E-state index contributed by atoms with van der Waals surface area (Å²) in [7, 11) is 0. The predicted molar refractivity (Wildman–Crippen MR) is 383 cm³/mol. The number of benzene rings is 13. The summed E-state index contributed by atoms with van der Waals surface area (Å²) in [5, 5.41) is 4.52. The van der Waals surface area contributed by atoms with Crippen molar-refractivity contribution in [1.82, 2.24) is 24.1 Å². The zero-order valence-electron chi connectivity index (χ0n) is 51.4. The van der Waals surface area contributed by atoms with E-state index < -0.39 is 0 Å². The van der Waals surface area contributed by atoms with Crippen molar-refractivity contribution in [2.75, 3.05) is 0 Å². The minimum Gasteiger partial charge on any atom is -0.309 e. The fraction of sp³-hybridized carbons (Fsp3) is 0.0465. The van der Waals surface area contributed by atoms with Crippen LogP contribution in [0.2, 0.25) is 0 Å². The lowest BCUT2D eigenvalue weighted by molar-refractivity contribution is 1.06. The van der Waals surface area contributed by atoms with E-state index in [0.29, 0.717) is 23.2 Å². The number of hydrogen-bond donors (Lipinski definition) is 0.